The number of fused-ring (bicyclic) bond motifs is 1. The van der Waals surface area contributed by atoms with Gasteiger partial charge in [-0.2, -0.15) is 0 Å². The van der Waals surface area contributed by atoms with E-state index in [0.29, 0.717) is 12.0 Å². The number of nitrogens with one attached hydrogen (secondary N) is 1. The third-order valence-electron chi connectivity index (χ3n) is 4.24. The number of anilines is 1. The van der Waals surface area contributed by atoms with Gasteiger partial charge in [-0.05, 0) is 43.7 Å². The Morgan fingerprint density at radius 3 is 2.68 bits per heavy atom. The lowest BCUT2D eigenvalue weighted by molar-refractivity contribution is 0.272. The van der Waals surface area contributed by atoms with Crippen molar-refractivity contribution >= 4 is 26.7 Å². The zero-order chi connectivity index (χ0) is 15.7. The maximum atomic E-state index is 6.07. The van der Waals surface area contributed by atoms with Gasteiger partial charge in [0.15, 0.2) is 5.13 Å². The molecular formula is C18H26N2OS. The van der Waals surface area contributed by atoms with Crippen LogP contribution in [0.5, 0.6) is 5.75 Å². The minimum absolute atomic E-state index is 0.519. The van der Waals surface area contributed by atoms with Crippen molar-refractivity contribution in [2.45, 2.75) is 59.4 Å². The van der Waals surface area contributed by atoms with Gasteiger partial charge in [0, 0.05) is 6.04 Å². The number of benzene rings is 1. The molecule has 0 amide bonds. The first-order valence-corrected chi connectivity index (χ1v) is 9.16. The molecule has 1 heterocycles. The Hall–Kier alpha value is -1.29. The lowest BCUT2D eigenvalue weighted by Gasteiger charge is -2.12. The number of hydrogen-bond acceptors (Lipinski definition) is 4. The molecule has 0 unspecified atom stereocenters. The second-order valence-corrected chi connectivity index (χ2v) is 7.87. The Balaban J connectivity index is 1.93. The van der Waals surface area contributed by atoms with Crippen LogP contribution in [0.2, 0.25) is 0 Å². The van der Waals surface area contributed by atoms with Gasteiger partial charge in [0.1, 0.15) is 11.3 Å². The molecular weight excluding hydrogens is 292 g/mol. The number of aryl methyl sites for hydroxylation is 2. The number of rotatable bonds is 5. The fourth-order valence-electron chi connectivity index (χ4n) is 3.12. The van der Waals surface area contributed by atoms with E-state index < -0.39 is 0 Å². The van der Waals surface area contributed by atoms with Gasteiger partial charge in [-0.25, -0.2) is 4.98 Å². The summed E-state index contributed by atoms with van der Waals surface area (Å²) >= 11 is 1.77. The summed E-state index contributed by atoms with van der Waals surface area (Å²) in [6.45, 7) is 9.37. The van der Waals surface area contributed by atoms with Crippen molar-refractivity contribution in [1.82, 2.24) is 4.98 Å². The number of hydrogen-bond donors (Lipinski definition) is 1. The minimum atomic E-state index is 0.519. The molecule has 1 saturated carbocycles. The molecule has 0 spiro atoms. The van der Waals surface area contributed by atoms with Gasteiger partial charge in [0.2, 0.25) is 0 Å². The van der Waals surface area contributed by atoms with Gasteiger partial charge in [0.25, 0.3) is 0 Å². The van der Waals surface area contributed by atoms with Crippen LogP contribution in [0.15, 0.2) is 6.07 Å². The van der Waals surface area contributed by atoms with Crippen molar-refractivity contribution in [1.29, 1.82) is 0 Å². The van der Waals surface area contributed by atoms with E-state index >= 15 is 0 Å². The average Bonchev–Trinajstić information content (AvgIpc) is 3.08. The van der Waals surface area contributed by atoms with Crippen molar-refractivity contribution in [3.63, 3.8) is 0 Å². The fraction of sp³-hybridized carbons (Fsp3) is 0.611. The highest BCUT2D eigenvalue weighted by Crippen LogP contribution is 2.38. The third kappa shape index (κ3) is 3.22. The summed E-state index contributed by atoms with van der Waals surface area (Å²) in [7, 11) is 0. The van der Waals surface area contributed by atoms with E-state index in [-0.39, 0.29) is 0 Å². The molecule has 1 N–H and O–H groups in total. The van der Waals surface area contributed by atoms with E-state index in [1.165, 1.54) is 41.5 Å². The van der Waals surface area contributed by atoms with Gasteiger partial charge >= 0.3 is 0 Å². The molecule has 1 aromatic carbocycles. The van der Waals surface area contributed by atoms with Gasteiger partial charge in [0.05, 0.1) is 11.3 Å². The number of aromatic nitrogens is 1. The van der Waals surface area contributed by atoms with Crippen molar-refractivity contribution in [3.05, 3.63) is 17.2 Å². The van der Waals surface area contributed by atoms with Crippen LogP contribution in [0.3, 0.4) is 0 Å². The van der Waals surface area contributed by atoms with Gasteiger partial charge < -0.3 is 10.1 Å². The van der Waals surface area contributed by atoms with E-state index in [4.69, 9.17) is 9.72 Å². The van der Waals surface area contributed by atoms with Crippen LogP contribution < -0.4 is 10.1 Å². The molecule has 2 aromatic rings. The monoisotopic (exact) mass is 318 g/mol. The first-order chi connectivity index (χ1) is 10.5. The molecule has 1 aliphatic rings. The molecule has 1 aliphatic carbocycles. The highest BCUT2D eigenvalue weighted by Gasteiger charge is 2.19. The summed E-state index contributed by atoms with van der Waals surface area (Å²) < 4.78 is 7.32. The molecule has 3 nitrogen and oxygen atoms in total. The van der Waals surface area contributed by atoms with E-state index in [0.717, 1.165) is 23.0 Å². The first-order valence-electron chi connectivity index (χ1n) is 8.34. The summed E-state index contributed by atoms with van der Waals surface area (Å²) in [5.41, 5.74) is 3.51. The lowest BCUT2D eigenvalue weighted by atomic mass is 10.1. The molecule has 0 aliphatic heterocycles. The second-order valence-electron chi connectivity index (χ2n) is 6.87. The van der Waals surface area contributed by atoms with Crippen molar-refractivity contribution in [3.8, 4) is 5.75 Å². The second kappa shape index (κ2) is 6.45. The van der Waals surface area contributed by atoms with E-state index in [2.05, 4.69) is 39.1 Å². The van der Waals surface area contributed by atoms with Crippen LogP contribution in [0.1, 0.15) is 50.7 Å². The number of nitrogens with zero attached hydrogens (tertiary/aromatic N) is 1. The minimum Gasteiger partial charge on any atom is -0.491 e. The predicted molar refractivity (Wildman–Crippen MR) is 95.3 cm³/mol. The summed E-state index contributed by atoms with van der Waals surface area (Å²) in [6, 6.07) is 2.82. The van der Waals surface area contributed by atoms with Gasteiger partial charge in [-0.3, -0.25) is 0 Å². The summed E-state index contributed by atoms with van der Waals surface area (Å²) in [5, 5.41) is 4.67. The van der Waals surface area contributed by atoms with Crippen molar-refractivity contribution in [2.75, 3.05) is 11.9 Å². The SMILES string of the molecule is Cc1cc(C)c2sc(NC3CCCC3)nc2c1OCC(C)C. The largest absolute Gasteiger partial charge is 0.491 e. The van der Waals surface area contributed by atoms with Crippen LogP contribution in [-0.4, -0.2) is 17.6 Å². The van der Waals surface area contributed by atoms with Crippen molar-refractivity contribution < 1.29 is 4.74 Å². The molecule has 22 heavy (non-hydrogen) atoms. The van der Waals surface area contributed by atoms with E-state index in [1.54, 1.807) is 11.3 Å². The summed E-state index contributed by atoms with van der Waals surface area (Å²) in [4.78, 5) is 4.86. The smallest absolute Gasteiger partial charge is 0.184 e. The van der Waals surface area contributed by atoms with Crippen LogP contribution in [0, 0.1) is 19.8 Å². The molecule has 3 rings (SSSR count). The average molecular weight is 318 g/mol. The zero-order valence-electron chi connectivity index (χ0n) is 14.0. The standard InChI is InChI=1S/C18H26N2OS/c1-11(2)10-21-16-12(3)9-13(4)17-15(16)20-18(22-17)19-14-7-5-6-8-14/h9,11,14H,5-8,10H2,1-4H3,(H,19,20). The van der Waals surface area contributed by atoms with Crippen LogP contribution in [0.25, 0.3) is 10.2 Å². The maximum Gasteiger partial charge on any atom is 0.184 e. The third-order valence-corrected chi connectivity index (χ3v) is 5.36. The Morgan fingerprint density at radius 1 is 1.27 bits per heavy atom. The molecule has 1 aromatic heterocycles. The Labute approximate surface area is 137 Å². The maximum absolute atomic E-state index is 6.07. The van der Waals surface area contributed by atoms with Gasteiger partial charge in [-0.1, -0.05) is 44.1 Å². The Kier molecular flexibility index (Phi) is 4.57. The van der Waals surface area contributed by atoms with E-state index in [9.17, 15) is 0 Å². The highest BCUT2D eigenvalue weighted by molar-refractivity contribution is 7.22. The Morgan fingerprint density at radius 2 is 2.00 bits per heavy atom. The molecule has 0 atom stereocenters. The quantitative estimate of drug-likeness (QED) is 0.812. The summed E-state index contributed by atoms with van der Waals surface area (Å²) in [5.74, 6) is 1.48. The number of thiazole rings is 1. The van der Waals surface area contributed by atoms with Crippen LogP contribution in [0.4, 0.5) is 5.13 Å². The zero-order valence-corrected chi connectivity index (χ0v) is 14.8. The van der Waals surface area contributed by atoms with Gasteiger partial charge in [-0.15, -0.1) is 0 Å². The number of ether oxygens (including phenoxy) is 1. The Bertz CT molecular complexity index is 657. The van der Waals surface area contributed by atoms with E-state index in [1.807, 2.05) is 0 Å². The fourth-order valence-corrected chi connectivity index (χ4v) is 4.13. The summed E-state index contributed by atoms with van der Waals surface area (Å²) in [6.07, 6.45) is 5.21. The molecule has 0 radical (unpaired) electrons. The van der Waals surface area contributed by atoms with Crippen LogP contribution >= 0.6 is 11.3 Å². The van der Waals surface area contributed by atoms with Crippen molar-refractivity contribution in [2.24, 2.45) is 5.92 Å². The molecule has 0 saturated heterocycles. The lowest BCUT2D eigenvalue weighted by Crippen LogP contribution is -2.13. The molecule has 1 fully saturated rings. The molecule has 120 valence electrons. The topological polar surface area (TPSA) is 34.2 Å². The normalized spacial score (nSPS) is 15.9. The molecule has 4 heteroatoms. The first kappa shape index (κ1) is 15.6. The predicted octanol–water partition coefficient (Wildman–Crippen LogP) is 5.30. The van der Waals surface area contributed by atoms with Crippen LogP contribution in [-0.2, 0) is 0 Å². The molecule has 0 bridgehead atoms. The highest BCUT2D eigenvalue weighted by atomic mass is 32.1.